The molecule has 0 aliphatic rings. The molecular weight excluding hydrogens is 117 g/mol. The van der Waals surface area contributed by atoms with Gasteiger partial charge in [0, 0.05) is 0 Å². The van der Waals surface area contributed by atoms with E-state index in [9.17, 15) is 0 Å². The van der Waals surface area contributed by atoms with Gasteiger partial charge in [-0.1, -0.05) is 33.1 Å². The predicted molar refractivity (Wildman–Crippen MR) is 49.5 cm³/mol. The normalized spacial score (nSPS) is 12.3. The SMILES string of the molecule is CCCCC(CC)CN.[LiH]. The van der Waals surface area contributed by atoms with Crippen molar-refractivity contribution in [2.75, 3.05) is 6.54 Å². The zero-order valence-electron chi connectivity index (χ0n) is 6.69. The fraction of sp³-hybridized carbons (Fsp3) is 1.00. The minimum atomic E-state index is 0. The molecule has 0 amide bonds. The summed E-state index contributed by atoms with van der Waals surface area (Å²) >= 11 is 0. The summed E-state index contributed by atoms with van der Waals surface area (Å²) in [7, 11) is 0. The van der Waals surface area contributed by atoms with Crippen LogP contribution in [0, 0.1) is 5.92 Å². The van der Waals surface area contributed by atoms with Crippen molar-refractivity contribution >= 4 is 18.9 Å². The van der Waals surface area contributed by atoms with E-state index in [0.29, 0.717) is 0 Å². The van der Waals surface area contributed by atoms with Crippen molar-refractivity contribution in [2.45, 2.75) is 39.5 Å². The summed E-state index contributed by atoms with van der Waals surface area (Å²) in [6.07, 6.45) is 5.21. The molecule has 0 bridgehead atoms. The molecular formula is C8H20LiN. The van der Waals surface area contributed by atoms with Gasteiger partial charge < -0.3 is 5.73 Å². The second-order valence-electron chi connectivity index (χ2n) is 2.65. The Morgan fingerprint density at radius 3 is 2.20 bits per heavy atom. The van der Waals surface area contributed by atoms with Crippen LogP contribution in [0.5, 0.6) is 0 Å². The Hall–Kier alpha value is 0.557. The molecule has 2 heteroatoms. The fourth-order valence-electron chi connectivity index (χ4n) is 0.981. The Bertz CT molecular complexity index is 53.2. The number of hydrogen-bond donors (Lipinski definition) is 1. The first-order chi connectivity index (χ1) is 4.35. The third-order valence-corrected chi connectivity index (χ3v) is 1.88. The van der Waals surface area contributed by atoms with Crippen molar-refractivity contribution < 1.29 is 0 Å². The van der Waals surface area contributed by atoms with Gasteiger partial charge in [-0.25, -0.2) is 0 Å². The average Bonchev–Trinajstić information content (AvgIpc) is 1.91. The summed E-state index contributed by atoms with van der Waals surface area (Å²) in [4.78, 5) is 0. The van der Waals surface area contributed by atoms with Crippen molar-refractivity contribution in [3.63, 3.8) is 0 Å². The third kappa shape index (κ3) is 6.67. The minimum absolute atomic E-state index is 0. The molecule has 0 saturated carbocycles. The molecule has 0 spiro atoms. The Morgan fingerprint density at radius 2 is 1.90 bits per heavy atom. The average molecular weight is 137 g/mol. The van der Waals surface area contributed by atoms with Gasteiger partial charge in [-0.3, -0.25) is 0 Å². The van der Waals surface area contributed by atoms with Crippen LogP contribution < -0.4 is 5.73 Å². The molecule has 0 heterocycles. The Morgan fingerprint density at radius 1 is 1.30 bits per heavy atom. The summed E-state index contributed by atoms with van der Waals surface area (Å²) in [6, 6.07) is 0. The molecule has 1 nitrogen and oxygen atoms in total. The summed E-state index contributed by atoms with van der Waals surface area (Å²) in [5.41, 5.74) is 5.52. The number of rotatable bonds is 5. The van der Waals surface area contributed by atoms with Crippen molar-refractivity contribution in [1.29, 1.82) is 0 Å². The summed E-state index contributed by atoms with van der Waals surface area (Å²) in [6.45, 7) is 5.31. The van der Waals surface area contributed by atoms with Crippen LogP contribution in [-0.2, 0) is 0 Å². The molecule has 0 saturated heterocycles. The van der Waals surface area contributed by atoms with Gasteiger partial charge in [-0.05, 0) is 18.9 Å². The van der Waals surface area contributed by atoms with E-state index in [-0.39, 0.29) is 18.9 Å². The van der Waals surface area contributed by atoms with E-state index < -0.39 is 0 Å². The third-order valence-electron chi connectivity index (χ3n) is 1.88. The first-order valence-electron chi connectivity index (χ1n) is 4.05. The maximum atomic E-state index is 5.52. The van der Waals surface area contributed by atoms with Gasteiger partial charge in [-0.15, -0.1) is 0 Å². The molecule has 0 aliphatic heterocycles. The zero-order chi connectivity index (χ0) is 7.11. The van der Waals surface area contributed by atoms with E-state index in [1.54, 1.807) is 0 Å². The molecule has 10 heavy (non-hydrogen) atoms. The summed E-state index contributed by atoms with van der Waals surface area (Å²) in [5, 5.41) is 0. The molecule has 1 unspecified atom stereocenters. The number of nitrogens with two attached hydrogens (primary N) is 1. The molecule has 58 valence electrons. The van der Waals surface area contributed by atoms with Crippen LogP contribution in [-0.4, -0.2) is 25.4 Å². The summed E-state index contributed by atoms with van der Waals surface area (Å²) < 4.78 is 0. The van der Waals surface area contributed by atoms with Crippen LogP contribution in [0.3, 0.4) is 0 Å². The van der Waals surface area contributed by atoms with E-state index in [2.05, 4.69) is 13.8 Å². The van der Waals surface area contributed by atoms with Crippen LogP contribution >= 0.6 is 0 Å². The molecule has 1 atom stereocenters. The van der Waals surface area contributed by atoms with Crippen molar-refractivity contribution in [1.82, 2.24) is 0 Å². The van der Waals surface area contributed by atoms with Gasteiger partial charge in [0.1, 0.15) is 0 Å². The quantitative estimate of drug-likeness (QED) is 0.571. The zero-order valence-corrected chi connectivity index (χ0v) is 6.69. The Balaban J connectivity index is 0. The standard InChI is InChI=1S/C8H19N.Li.H/c1-3-5-6-8(4-2)7-9;;/h8H,3-7,9H2,1-2H3;;. The first-order valence-corrected chi connectivity index (χ1v) is 4.05. The van der Waals surface area contributed by atoms with Crippen LogP contribution in [0.25, 0.3) is 0 Å². The first kappa shape index (κ1) is 13.2. The van der Waals surface area contributed by atoms with E-state index in [0.717, 1.165) is 12.5 Å². The summed E-state index contributed by atoms with van der Waals surface area (Å²) in [5.74, 6) is 0.782. The number of unbranched alkanes of at least 4 members (excludes halogenated alkanes) is 1. The van der Waals surface area contributed by atoms with Gasteiger partial charge in [0.15, 0.2) is 0 Å². The molecule has 0 aliphatic carbocycles. The van der Waals surface area contributed by atoms with Crippen molar-refractivity contribution in [2.24, 2.45) is 11.7 Å². The van der Waals surface area contributed by atoms with E-state index in [4.69, 9.17) is 5.73 Å². The Kier molecular flexibility index (Phi) is 12.6. The molecule has 0 aromatic heterocycles. The van der Waals surface area contributed by atoms with Crippen LogP contribution in [0.1, 0.15) is 39.5 Å². The predicted octanol–water partition coefficient (Wildman–Crippen LogP) is 1.51. The topological polar surface area (TPSA) is 26.0 Å². The molecule has 0 aromatic rings. The van der Waals surface area contributed by atoms with Crippen molar-refractivity contribution in [3.05, 3.63) is 0 Å². The number of hydrogen-bond acceptors (Lipinski definition) is 1. The van der Waals surface area contributed by atoms with Crippen LogP contribution in [0.15, 0.2) is 0 Å². The molecule has 0 rings (SSSR count). The van der Waals surface area contributed by atoms with Gasteiger partial charge in [-0.2, -0.15) is 0 Å². The molecule has 0 fully saturated rings. The van der Waals surface area contributed by atoms with E-state index >= 15 is 0 Å². The van der Waals surface area contributed by atoms with E-state index in [1.165, 1.54) is 25.7 Å². The fourth-order valence-corrected chi connectivity index (χ4v) is 0.981. The van der Waals surface area contributed by atoms with E-state index in [1.807, 2.05) is 0 Å². The molecule has 0 aromatic carbocycles. The van der Waals surface area contributed by atoms with Gasteiger partial charge >= 0.3 is 18.9 Å². The maximum absolute atomic E-state index is 5.52. The van der Waals surface area contributed by atoms with Gasteiger partial charge in [0.2, 0.25) is 0 Å². The monoisotopic (exact) mass is 137 g/mol. The second kappa shape index (κ2) is 9.56. The molecule has 0 radical (unpaired) electrons. The van der Waals surface area contributed by atoms with Gasteiger partial charge in [0.05, 0.1) is 0 Å². The second-order valence-corrected chi connectivity index (χ2v) is 2.65. The van der Waals surface area contributed by atoms with Gasteiger partial charge in [0.25, 0.3) is 0 Å². The molecule has 2 N–H and O–H groups in total. The Labute approximate surface area is 76.9 Å². The van der Waals surface area contributed by atoms with Crippen molar-refractivity contribution in [3.8, 4) is 0 Å². The van der Waals surface area contributed by atoms with Crippen LogP contribution in [0.2, 0.25) is 0 Å². The van der Waals surface area contributed by atoms with Crippen LogP contribution in [0.4, 0.5) is 0 Å².